The molecule has 0 aliphatic heterocycles. The number of benzene rings is 1. The molecular formula is C15H15N3O4. The van der Waals surface area contributed by atoms with Crippen molar-refractivity contribution in [2.75, 3.05) is 12.4 Å². The van der Waals surface area contributed by atoms with Crippen LogP contribution in [0.5, 0.6) is 5.75 Å². The fourth-order valence-electron chi connectivity index (χ4n) is 2.04. The number of nitro groups is 1. The van der Waals surface area contributed by atoms with Crippen LogP contribution in [0.4, 0.5) is 11.4 Å². The van der Waals surface area contributed by atoms with Crippen molar-refractivity contribution in [2.45, 2.75) is 13.8 Å². The lowest BCUT2D eigenvalue weighted by Crippen LogP contribution is -2.15. The summed E-state index contributed by atoms with van der Waals surface area (Å²) in [6.45, 7) is 3.67. The minimum absolute atomic E-state index is 0.112. The first-order valence-corrected chi connectivity index (χ1v) is 6.50. The van der Waals surface area contributed by atoms with Gasteiger partial charge >= 0.3 is 0 Å². The maximum atomic E-state index is 12.2. The highest BCUT2D eigenvalue weighted by molar-refractivity contribution is 6.03. The lowest BCUT2D eigenvalue weighted by atomic mass is 10.2. The summed E-state index contributed by atoms with van der Waals surface area (Å²) in [5.41, 5.74) is 2.17. The third-order valence-corrected chi connectivity index (χ3v) is 2.97. The predicted molar refractivity (Wildman–Crippen MR) is 81.3 cm³/mol. The summed E-state index contributed by atoms with van der Waals surface area (Å²) in [7, 11) is 1.38. The average Bonchev–Trinajstić information content (AvgIpc) is 2.46. The van der Waals surface area contributed by atoms with Gasteiger partial charge in [-0.05, 0) is 37.6 Å². The van der Waals surface area contributed by atoms with E-state index in [0.29, 0.717) is 5.69 Å². The molecule has 0 atom stereocenters. The number of methoxy groups -OCH3 is 1. The van der Waals surface area contributed by atoms with Crippen molar-refractivity contribution < 1.29 is 14.5 Å². The standard InChI is InChI=1S/C15H15N3O4/c1-9-6-10(2)16-13(7-9)15(19)17-12-5-4-11(18(20)21)8-14(12)22-3/h4-8H,1-3H3,(H,17,19). The van der Waals surface area contributed by atoms with Gasteiger partial charge in [0, 0.05) is 11.8 Å². The third kappa shape index (κ3) is 3.38. The molecule has 0 radical (unpaired) electrons. The minimum Gasteiger partial charge on any atom is -0.494 e. The molecule has 0 saturated carbocycles. The van der Waals surface area contributed by atoms with Gasteiger partial charge in [0.1, 0.15) is 11.4 Å². The Morgan fingerprint density at radius 2 is 2.00 bits per heavy atom. The fraction of sp³-hybridized carbons (Fsp3) is 0.200. The topological polar surface area (TPSA) is 94.4 Å². The summed E-state index contributed by atoms with van der Waals surface area (Å²) in [5, 5.41) is 13.4. The molecule has 2 rings (SSSR count). The predicted octanol–water partition coefficient (Wildman–Crippen LogP) is 2.87. The van der Waals surface area contributed by atoms with E-state index in [4.69, 9.17) is 4.74 Å². The first kappa shape index (κ1) is 15.4. The van der Waals surface area contributed by atoms with E-state index < -0.39 is 10.8 Å². The van der Waals surface area contributed by atoms with Crippen LogP contribution in [0, 0.1) is 24.0 Å². The number of nitro benzene ring substituents is 1. The maximum absolute atomic E-state index is 12.2. The lowest BCUT2D eigenvalue weighted by molar-refractivity contribution is -0.384. The van der Waals surface area contributed by atoms with E-state index in [1.54, 1.807) is 13.0 Å². The maximum Gasteiger partial charge on any atom is 0.274 e. The molecule has 0 saturated heterocycles. The Balaban J connectivity index is 2.29. The number of anilines is 1. The Labute approximate surface area is 127 Å². The van der Waals surface area contributed by atoms with Crippen LogP contribution in [-0.2, 0) is 0 Å². The highest BCUT2D eigenvalue weighted by Gasteiger charge is 2.15. The second kappa shape index (κ2) is 6.21. The third-order valence-electron chi connectivity index (χ3n) is 2.97. The van der Waals surface area contributed by atoms with E-state index in [1.165, 1.54) is 25.3 Å². The molecule has 2 aromatic rings. The van der Waals surface area contributed by atoms with Gasteiger partial charge in [0.25, 0.3) is 11.6 Å². The number of pyridine rings is 1. The second-order valence-corrected chi connectivity index (χ2v) is 4.77. The summed E-state index contributed by atoms with van der Waals surface area (Å²) >= 11 is 0. The Hall–Kier alpha value is -2.96. The summed E-state index contributed by atoms with van der Waals surface area (Å²) < 4.78 is 5.08. The Kier molecular flexibility index (Phi) is 4.36. The van der Waals surface area contributed by atoms with Crippen molar-refractivity contribution in [1.29, 1.82) is 0 Å². The van der Waals surface area contributed by atoms with Crippen molar-refractivity contribution in [3.63, 3.8) is 0 Å². The number of rotatable bonds is 4. The summed E-state index contributed by atoms with van der Waals surface area (Å²) in [5.74, 6) is -0.189. The first-order valence-electron chi connectivity index (χ1n) is 6.50. The highest BCUT2D eigenvalue weighted by atomic mass is 16.6. The van der Waals surface area contributed by atoms with Crippen molar-refractivity contribution in [3.05, 3.63) is 57.4 Å². The number of amides is 1. The van der Waals surface area contributed by atoms with Crippen molar-refractivity contribution in [3.8, 4) is 5.75 Å². The van der Waals surface area contributed by atoms with Crippen molar-refractivity contribution in [2.24, 2.45) is 0 Å². The number of aryl methyl sites for hydroxylation is 2. The average molecular weight is 301 g/mol. The van der Waals surface area contributed by atoms with E-state index in [2.05, 4.69) is 10.3 Å². The number of carbonyl (C=O) groups is 1. The summed E-state index contributed by atoms with van der Waals surface area (Å²) in [6, 6.07) is 7.51. The van der Waals surface area contributed by atoms with E-state index in [1.807, 2.05) is 13.0 Å². The number of carbonyl (C=O) groups excluding carboxylic acids is 1. The van der Waals surface area contributed by atoms with Crippen LogP contribution in [-0.4, -0.2) is 22.9 Å². The molecular weight excluding hydrogens is 286 g/mol. The molecule has 0 aliphatic rings. The highest BCUT2D eigenvalue weighted by Crippen LogP contribution is 2.29. The van der Waals surface area contributed by atoms with Gasteiger partial charge in [-0.1, -0.05) is 0 Å². The van der Waals surface area contributed by atoms with Gasteiger partial charge in [0.05, 0.1) is 23.8 Å². The zero-order chi connectivity index (χ0) is 16.3. The molecule has 7 heteroatoms. The molecule has 1 aromatic heterocycles. The van der Waals surface area contributed by atoms with Gasteiger partial charge < -0.3 is 10.1 Å². The Morgan fingerprint density at radius 1 is 1.27 bits per heavy atom. The zero-order valence-electron chi connectivity index (χ0n) is 12.4. The van der Waals surface area contributed by atoms with Crippen LogP contribution >= 0.6 is 0 Å². The van der Waals surface area contributed by atoms with E-state index in [-0.39, 0.29) is 17.1 Å². The van der Waals surface area contributed by atoms with E-state index in [0.717, 1.165) is 11.3 Å². The number of hydrogen-bond acceptors (Lipinski definition) is 5. The number of hydrogen-bond donors (Lipinski definition) is 1. The molecule has 0 bridgehead atoms. The van der Waals surface area contributed by atoms with Gasteiger partial charge in [0.2, 0.25) is 0 Å². The van der Waals surface area contributed by atoms with Crippen LogP contribution in [0.3, 0.4) is 0 Å². The second-order valence-electron chi connectivity index (χ2n) is 4.77. The molecule has 114 valence electrons. The molecule has 1 amide bonds. The van der Waals surface area contributed by atoms with E-state index >= 15 is 0 Å². The monoisotopic (exact) mass is 301 g/mol. The van der Waals surface area contributed by atoms with Crippen molar-refractivity contribution >= 4 is 17.3 Å². The van der Waals surface area contributed by atoms with Crippen LogP contribution in [0.15, 0.2) is 30.3 Å². The first-order chi connectivity index (χ1) is 10.4. The Bertz CT molecular complexity index is 723. The van der Waals surface area contributed by atoms with Gasteiger partial charge in [-0.15, -0.1) is 0 Å². The number of ether oxygens (including phenoxy) is 1. The van der Waals surface area contributed by atoms with Gasteiger partial charge in [-0.25, -0.2) is 4.98 Å². The Morgan fingerprint density at radius 3 is 2.59 bits per heavy atom. The molecule has 22 heavy (non-hydrogen) atoms. The molecule has 0 aliphatic carbocycles. The number of aromatic nitrogens is 1. The van der Waals surface area contributed by atoms with Gasteiger partial charge in [0.15, 0.2) is 0 Å². The smallest absolute Gasteiger partial charge is 0.274 e. The summed E-state index contributed by atoms with van der Waals surface area (Å²) in [4.78, 5) is 26.6. The van der Waals surface area contributed by atoms with E-state index in [9.17, 15) is 14.9 Å². The van der Waals surface area contributed by atoms with Crippen LogP contribution < -0.4 is 10.1 Å². The normalized spacial score (nSPS) is 10.1. The molecule has 7 nitrogen and oxygen atoms in total. The van der Waals surface area contributed by atoms with Crippen LogP contribution in [0.25, 0.3) is 0 Å². The van der Waals surface area contributed by atoms with Crippen LogP contribution in [0.1, 0.15) is 21.7 Å². The molecule has 0 unspecified atom stereocenters. The fourth-order valence-corrected chi connectivity index (χ4v) is 2.04. The number of nitrogens with one attached hydrogen (secondary N) is 1. The molecule has 1 heterocycles. The minimum atomic E-state index is -0.528. The lowest BCUT2D eigenvalue weighted by Gasteiger charge is -2.10. The quantitative estimate of drug-likeness (QED) is 0.692. The summed E-state index contributed by atoms with van der Waals surface area (Å²) in [6.07, 6.45) is 0. The molecule has 0 fully saturated rings. The molecule has 1 aromatic carbocycles. The SMILES string of the molecule is COc1cc([N+](=O)[O-])ccc1NC(=O)c1cc(C)cc(C)n1. The largest absolute Gasteiger partial charge is 0.494 e. The van der Waals surface area contributed by atoms with Gasteiger partial charge in [-0.2, -0.15) is 0 Å². The number of nitrogens with zero attached hydrogens (tertiary/aromatic N) is 2. The van der Waals surface area contributed by atoms with Gasteiger partial charge in [-0.3, -0.25) is 14.9 Å². The zero-order valence-corrected chi connectivity index (χ0v) is 12.4. The van der Waals surface area contributed by atoms with Crippen molar-refractivity contribution in [1.82, 2.24) is 4.98 Å². The van der Waals surface area contributed by atoms with Crippen LogP contribution in [0.2, 0.25) is 0 Å². The number of non-ortho nitro benzene ring substituents is 1. The molecule has 0 spiro atoms. The molecule has 1 N–H and O–H groups in total.